The number of nitrogen functional groups attached to an aromatic ring is 1. The highest BCUT2D eigenvalue weighted by Crippen LogP contribution is 2.34. The number of rotatable bonds is 5. The van der Waals surface area contributed by atoms with Gasteiger partial charge in [-0.05, 0) is 18.6 Å². The zero-order valence-corrected chi connectivity index (χ0v) is 11.7. The fourth-order valence-corrected chi connectivity index (χ4v) is 2.90. The van der Waals surface area contributed by atoms with Crippen molar-refractivity contribution in [2.24, 2.45) is 0 Å². The minimum absolute atomic E-state index is 0.682. The predicted molar refractivity (Wildman–Crippen MR) is 75.7 cm³/mol. The first-order valence-electron chi connectivity index (χ1n) is 5.75. The minimum atomic E-state index is 0.682. The first kappa shape index (κ1) is 13.2. The van der Waals surface area contributed by atoms with Crippen molar-refractivity contribution in [3.63, 3.8) is 0 Å². The average Bonchev–Trinajstić information content (AvgIpc) is 2.77. The fourth-order valence-electron chi connectivity index (χ4n) is 1.61. The molecule has 0 aliphatic heterocycles. The minimum Gasteiger partial charge on any atom is -0.398 e. The molecule has 1 heterocycles. The van der Waals surface area contributed by atoms with Gasteiger partial charge in [0.05, 0.1) is 10.8 Å². The van der Waals surface area contributed by atoms with Crippen LogP contribution in [0, 0.1) is 0 Å². The second kappa shape index (κ2) is 6.11. The number of halogens is 1. The van der Waals surface area contributed by atoms with Crippen molar-refractivity contribution < 1.29 is 0 Å². The number of nitrogens with zero attached hydrogens (tertiary/aromatic N) is 3. The highest BCUT2D eigenvalue weighted by atomic mass is 35.5. The molecule has 0 fully saturated rings. The van der Waals surface area contributed by atoms with E-state index in [-0.39, 0.29) is 0 Å². The third-order valence-corrected chi connectivity index (χ3v) is 4.05. The van der Waals surface area contributed by atoms with Crippen molar-refractivity contribution in [2.75, 3.05) is 5.73 Å². The molecule has 0 spiro atoms. The number of hydrogen-bond acceptors (Lipinski definition) is 4. The topological polar surface area (TPSA) is 56.7 Å². The van der Waals surface area contributed by atoms with Gasteiger partial charge >= 0.3 is 0 Å². The molecule has 1 aromatic carbocycles. The molecule has 96 valence electrons. The third kappa shape index (κ3) is 2.97. The van der Waals surface area contributed by atoms with Gasteiger partial charge in [-0.1, -0.05) is 24.6 Å². The number of aromatic nitrogens is 3. The normalized spacial score (nSPS) is 10.8. The Kier molecular flexibility index (Phi) is 4.49. The van der Waals surface area contributed by atoms with E-state index in [2.05, 4.69) is 17.0 Å². The SMILES string of the molecule is CCCn1ncnc1CSc1c(N)cccc1Cl. The Morgan fingerprint density at radius 1 is 1.44 bits per heavy atom. The summed E-state index contributed by atoms with van der Waals surface area (Å²) in [7, 11) is 0. The van der Waals surface area contributed by atoms with E-state index >= 15 is 0 Å². The summed E-state index contributed by atoms with van der Waals surface area (Å²) in [5, 5.41) is 4.87. The van der Waals surface area contributed by atoms with Gasteiger partial charge in [-0.15, -0.1) is 11.8 Å². The highest BCUT2D eigenvalue weighted by molar-refractivity contribution is 7.98. The van der Waals surface area contributed by atoms with E-state index in [1.165, 1.54) is 0 Å². The first-order valence-corrected chi connectivity index (χ1v) is 7.12. The molecular weight excluding hydrogens is 268 g/mol. The Morgan fingerprint density at radius 3 is 3.00 bits per heavy atom. The number of nitrogens with two attached hydrogens (primary N) is 1. The number of aryl methyl sites for hydroxylation is 1. The standard InChI is InChI=1S/C12H15ClN4S/c1-2-6-17-11(15-8-16-17)7-18-12-9(13)4-3-5-10(12)14/h3-5,8H,2,6-7,14H2,1H3. The van der Waals surface area contributed by atoms with Gasteiger partial charge in [-0.3, -0.25) is 0 Å². The van der Waals surface area contributed by atoms with Crippen LogP contribution in [0.2, 0.25) is 5.02 Å². The zero-order valence-electron chi connectivity index (χ0n) is 10.1. The van der Waals surface area contributed by atoms with E-state index in [9.17, 15) is 0 Å². The molecule has 0 bridgehead atoms. The molecule has 0 aliphatic carbocycles. The van der Waals surface area contributed by atoms with Crippen molar-refractivity contribution in [1.29, 1.82) is 0 Å². The van der Waals surface area contributed by atoms with E-state index in [0.29, 0.717) is 16.5 Å². The Balaban J connectivity index is 2.09. The van der Waals surface area contributed by atoms with Crippen molar-refractivity contribution >= 4 is 29.1 Å². The van der Waals surface area contributed by atoms with Gasteiger partial charge in [0, 0.05) is 17.1 Å². The maximum atomic E-state index is 6.13. The summed E-state index contributed by atoms with van der Waals surface area (Å²) in [5.41, 5.74) is 6.61. The van der Waals surface area contributed by atoms with E-state index in [4.69, 9.17) is 17.3 Å². The summed E-state index contributed by atoms with van der Waals surface area (Å²) < 4.78 is 1.92. The smallest absolute Gasteiger partial charge is 0.138 e. The van der Waals surface area contributed by atoms with Crippen molar-refractivity contribution in [3.8, 4) is 0 Å². The first-order chi connectivity index (χ1) is 8.72. The van der Waals surface area contributed by atoms with E-state index in [0.717, 1.165) is 23.7 Å². The van der Waals surface area contributed by atoms with Gasteiger partial charge in [0.15, 0.2) is 0 Å². The van der Waals surface area contributed by atoms with Crippen LogP contribution in [0.1, 0.15) is 19.2 Å². The number of hydrogen-bond donors (Lipinski definition) is 1. The number of benzene rings is 1. The van der Waals surface area contributed by atoms with Crippen LogP contribution >= 0.6 is 23.4 Å². The lowest BCUT2D eigenvalue weighted by Gasteiger charge is -2.08. The summed E-state index contributed by atoms with van der Waals surface area (Å²) in [5.74, 6) is 1.66. The molecule has 0 aliphatic rings. The molecule has 0 amide bonds. The van der Waals surface area contributed by atoms with Crippen molar-refractivity contribution in [3.05, 3.63) is 35.4 Å². The van der Waals surface area contributed by atoms with Gasteiger partial charge in [-0.25, -0.2) is 9.67 Å². The molecule has 0 saturated carbocycles. The van der Waals surface area contributed by atoms with Crippen LogP contribution < -0.4 is 5.73 Å². The maximum absolute atomic E-state index is 6.13. The molecular formula is C12H15ClN4S. The van der Waals surface area contributed by atoms with E-state index in [1.54, 1.807) is 18.1 Å². The van der Waals surface area contributed by atoms with E-state index in [1.807, 2.05) is 22.9 Å². The Hall–Kier alpha value is -1.20. The molecule has 1 aromatic heterocycles. The molecule has 0 saturated heterocycles. The molecule has 2 N–H and O–H groups in total. The van der Waals surface area contributed by atoms with Crippen molar-refractivity contribution in [2.45, 2.75) is 30.5 Å². The Morgan fingerprint density at radius 2 is 2.28 bits per heavy atom. The molecule has 2 rings (SSSR count). The Bertz CT molecular complexity index is 506. The van der Waals surface area contributed by atoms with Gasteiger partial charge < -0.3 is 5.73 Å². The molecule has 18 heavy (non-hydrogen) atoms. The number of anilines is 1. The summed E-state index contributed by atoms with van der Waals surface area (Å²) in [4.78, 5) is 5.16. The maximum Gasteiger partial charge on any atom is 0.138 e. The average molecular weight is 283 g/mol. The molecule has 0 unspecified atom stereocenters. The van der Waals surface area contributed by atoms with Crippen molar-refractivity contribution in [1.82, 2.24) is 14.8 Å². The van der Waals surface area contributed by atoms with Crippen LogP contribution in [0.3, 0.4) is 0 Å². The van der Waals surface area contributed by atoms with E-state index < -0.39 is 0 Å². The monoisotopic (exact) mass is 282 g/mol. The lowest BCUT2D eigenvalue weighted by molar-refractivity contribution is 0.581. The predicted octanol–water partition coefficient (Wildman–Crippen LogP) is 3.22. The van der Waals surface area contributed by atoms with Gasteiger partial charge in [0.1, 0.15) is 12.2 Å². The van der Waals surface area contributed by atoms with Crippen LogP contribution in [0.15, 0.2) is 29.4 Å². The largest absolute Gasteiger partial charge is 0.398 e. The molecule has 0 atom stereocenters. The fraction of sp³-hybridized carbons (Fsp3) is 0.333. The van der Waals surface area contributed by atoms with Crippen LogP contribution in [-0.4, -0.2) is 14.8 Å². The zero-order chi connectivity index (χ0) is 13.0. The summed E-state index contributed by atoms with van der Waals surface area (Å²) in [6.45, 7) is 3.00. The number of thioether (sulfide) groups is 1. The van der Waals surface area contributed by atoms with Crippen LogP contribution in [0.25, 0.3) is 0 Å². The second-order valence-corrected chi connectivity index (χ2v) is 5.24. The quantitative estimate of drug-likeness (QED) is 0.676. The van der Waals surface area contributed by atoms with Crippen LogP contribution in [0.4, 0.5) is 5.69 Å². The molecule has 2 aromatic rings. The van der Waals surface area contributed by atoms with Gasteiger partial charge in [0.25, 0.3) is 0 Å². The second-order valence-electron chi connectivity index (χ2n) is 3.85. The summed E-state index contributed by atoms with van der Waals surface area (Å²) in [6, 6.07) is 5.54. The Labute approximate surface area is 116 Å². The van der Waals surface area contributed by atoms with Crippen LogP contribution in [-0.2, 0) is 12.3 Å². The van der Waals surface area contributed by atoms with Gasteiger partial charge in [0.2, 0.25) is 0 Å². The molecule has 0 radical (unpaired) electrons. The summed E-state index contributed by atoms with van der Waals surface area (Å²) in [6.07, 6.45) is 2.62. The lowest BCUT2D eigenvalue weighted by Crippen LogP contribution is -2.04. The molecule has 4 nitrogen and oxygen atoms in total. The van der Waals surface area contributed by atoms with Gasteiger partial charge in [-0.2, -0.15) is 5.10 Å². The molecule has 6 heteroatoms. The summed E-state index contributed by atoms with van der Waals surface area (Å²) >= 11 is 7.72. The lowest BCUT2D eigenvalue weighted by atomic mass is 10.3. The van der Waals surface area contributed by atoms with Crippen LogP contribution in [0.5, 0.6) is 0 Å². The third-order valence-electron chi connectivity index (χ3n) is 2.47. The highest BCUT2D eigenvalue weighted by Gasteiger charge is 2.09.